The van der Waals surface area contributed by atoms with Crippen LogP contribution < -0.4 is 5.32 Å². The largest absolute Gasteiger partial charge is 0.506 e. The third-order valence-electron chi connectivity index (χ3n) is 4.02. The molecule has 0 aliphatic heterocycles. The lowest BCUT2D eigenvalue weighted by Gasteiger charge is -2.22. The number of fused-ring (bicyclic) bond motifs is 1. The van der Waals surface area contributed by atoms with Crippen molar-refractivity contribution in [3.63, 3.8) is 0 Å². The first-order valence-corrected chi connectivity index (χ1v) is 7.18. The van der Waals surface area contributed by atoms with E-state index in [1.54, 1.807) is 12.1 Å². The molecular formula is C17H17NO3. The Morgan fingerprint density at radius 1 is 1.10 bits per heavy atom. The molecule has 0 spiro atoms. The molecule has 4 nitrogen and oxygen atoms in total. The van der Waals surface area contributed by atoms with Crippen molar-refractivity contribution >= 4 is 22.5 Å². The van der Waals surface area contributed by atoms with Gasteiger partial charge in [-0.1, -0.05) is 30.3 Å². The Labute approximate surface area is 122 Å². The Morgan fingerprint density at radius 2 is 1.81 bits per heavy atom. The first-order chi connectivity index (χ1) is 10.1. The fourth-order valence-corrected chi connectivity index (χ4v) is 2.79. The second-order valence-electron chi connectivity index (χ2n) is 5.47. The normalized spacial score (nSPS) is 16.1. The Hall–Kier alpha value is -2.36. The minimum atomic E-state index is -0.280. The van der Waals surface area contributed by atoms with E-state index in [2.05, 4.69) is 5.32 Å². The molecule has 0 bridgehead atoms. The predicted octanol–water partition coefficient (Wildman–Crippen LogP) is 2.79. The first-order valence-electron chi connectivity index (χ1n) is 7.18. The molecule has 1 fully saturated rings. The molecule has 0 saturated heterocycles. The lowest BCUT2D eigenvalue weighted by molar-refractivity contribution is -0.120. The van der Waals surface area contributed by atoms with Crippen LogP contribution in [0.2, 0.25) is 0 Å². The second kappa shape index (κ2) is 5.56. The molecule has 0 unspecified atom stereocenters. The quantitative estimate of drug-likeness (QED) is 0.890. The number of nitrogens with one attached hydrogen (secondary N) is 1. The predicted molar refractivity (Wildman–Crippen MR) is 80.3 cm³/mol. The van der Waals surface area contributed by atoms with Gasteiger partial charge in [-0.3, -0.25) is 9.59 Å². The molecule has 0 radical (unpaired) electrons. The molecule has 0 aromatic heterocycles. The van der Waals surface area contributed by atoms with E-state index in [1.807, 2.05) is 24.3 Å². The minimum absolute atomic E-state index is 0.0116. The summed E-state index contributed by atoms with van der Waals surface area (Å²) in [7, 11) is 0. The summed E-state index contributed by atoms with van der Waals surface area (Å²) in [5, 5.41) is 14.8. The van der Waals surface area contributed by atoms with Crippen LogP contribution in [0.4, 0.5) is 0 Å². The fraction of sp³-hybridized carbons (Fsp3) is 0.294. The van der Waals surface area contributed by atoms with E-state index in [9.17, 15) is 14.7 Å². The van der Waals surface area contributed by atoms with Crippen molar-refractivity contribution in [3.05, 3.63) is 42.0 Å². The highest BCUT2D eigenvalue weighted by Crippen LogP contribution is 2.28. The number of carbonyl (C=O) groups excluding carboxylic acids is 2. The van der Waals surface area contributed by atoms with Crippen LogP contribution in [0.5, 0.6) is 5.75 Å². The highest BCUT2D eigenvalue weighted by atomic mass is 16.3. The third kappa shape index (κ3) is 2.75. The fourth-order valence-electron chi connectivity index (χ4n) is 2.79. The molecule has 2 aromatic rings. The zero-order chi connectivity index (χ0) is 14.8. The van der Waals surface area contributed by atoms with Crippen LogP contribution in [0, 0.1) is 0 Å². The minimum Gasteiger partial charge on any atom is -0.506 e. The van der Waals surface area contributed by atoms with Crippen LogP contribution in [0.1, 0.15) is 36.0 Å². The Morgan fingerprint density at radius 3 is 2.57 bits per heavy atom. The first kappa shape index (κ1) is 13.6. The Bertz CT molecular complexity index is 698. The zero-order valence-electron chi connectivity index (χ0n) is 11.6. The highest BCUT2D eigenvalue weighted by molar-refractivity contribution is 6.03. The lowest BCUT2D eigenvalue weighted by Crippen LogP contribution is -2.37. The molecule has 0 atom stereocenters. The molecule has 1 saturated carbocycles. The van der Waals surface area contributed by atoms with Crippen LogP contribution in [0.15, 0.2) is 36.4 Å². The van der Waals surface area contributed by atoms with Gasteiger partial charge in [0.1, 0.15) is 11.5 Å². The molecule has 0 heterocycles. The number of phenols is 1. The van der Waals surface area contributed by atoms with Gasteiger partial charge in [0.15, 0.2) is 0 Å². The highest BCUT2D eigenvalue weighted by Gasteiger charge is 2.22. The van der Waals surface area contributed by atoms with Crippen LogP contribution in [-0.4, -0.2) is 22.8 Å². The van der Waals surface area contributed by atoms with E-state index in [4.69, 9.17) is 0 Å². The third-order valence-corrected chi connectivity index (χ3v) is 4.02. The monoisotopic (exact) mass is 283 g/mol. The Kier molecular flexibility index (Phi) is 3.60. The van der Waals surface area contributed by atoms with Gasteiger partial charge >= 0.3 is 0 Å². The van der Waals surface area contributed by atoms with Crippen LogP contribution in [-0.2, 0) is 4.79 Å². The molecule has 1 aliphatic rings. The number of benzene rings is 2. The number of Topliss-reactive ketones (excluding diaryl/α,β-unsaturated/α-hetero) is 1. The summed E-state index contributed by atoms with van der Waals surface area (Å²) < 4.78 is 0. The number of hydrogen-bond donors (Lipinski definition) is 2. The van der Waals surface area contributed by atoms with Crippen LogP contribution >= 0.6 is 0 Å². The second-order valence-corrected chi connectivity index (χ2v) is 5.47. The summed E-state index contributed by atoms with van der Waals surface area (Å²) in [5.74, 6) is -0.0101. The summed E-state index contributed by atoms with van der Waals surface area (Å²) >= 11 is 0. The average molecular weight is 283 g/mol. The van der Waals surface area contributed by atoms with Gasteiger partial charge in [-0.15, -0.1) is 0 Å². The average Bonchev–Trinajstić information content (AvgIpc) is 2.50. The Balaban J connectivity index is 1.81. The molecule has 4 heteroatoms. The number of hydrogen-bond acceptors (Lipinski definition) is 3. The van der Waals surface area contributed by atoms with Gasteiger partial charge < -0.3 is 10.4 Å². The van der Waals surface area contributed by atoms with Crippen molar-refractivity contribution in [2.24, 2.45) is 0 Å². The van der Waals surface area contributed by atoms with Crippen molar-refractivity contribution in [1.82, 2.24) is 5.32 Å². The van der Waals surface area contributed by atoms with Crippen molar-refractivity contribution in [2.45, 2.75) is 31.7 Å². The number of amides is 1. The van der Waals surface area contributed by atoms with E-state index >= 15 is 0 Å². The maximum absolute atomic E-state index is 12.3. The summed E-state index contributed by atoms with van der Waals surface area (Å²) in [5.41, 5.74) is 0.283. The van der Waals surface area contributed by atoms with Gasteiger partial charge in [-0.25, -0.2) is 0 Å². The van der Waals surface area contributed by atoms with E-state index in [1.165, 1.54) is 0 Å². The van der Waals surface area contributed by atoms with Crippen molar-refractivity contribution < 1.29 is 14.7 Å². The molecule has 21 heavy (non-hydrogen) atoms. The number of phenolic OH excluding ortho intramolecular Hbond substituents is 1. The van der Waals surface area contributed by atoms with Crippen molar-refractivity contribution in [1.29, 1.82) is 0 Å². The van der Waals surface area contributed by atoms with E-state index in [0.29, 0.717) is 31.1 Å². The van der Waals surface area contributed by atoms with E-state index < -0.39 is 0 Å². The zero-order valence-corrected chi connectivity index (χ0v) is 11.6. The molecule has 108 valence electrons. The number of rotatable bonds is 2. The summed E-state index contributed by atoms with van der Waals surface area (Å²) in [4.78, 5) is 23.5. The molecule has 3 rings (SSSR count). The number of aromatic hydroxyl groups is 1. The van der Waals surface area contributed by atoms with Gasteiger partial charge in [-0.05, 0) is 24.3 Å². The summed E-state index contributed by atoms with van der Waals surface area (Å²) in [6.45, 7) is 0. The van der Waals surface area contributed by atoms with E-state index in [0.717, 1.165) is 5.39 Å². The molecular weight excluding hydrogens is 266 g/mol. The van der Waals surface area contributed by atoms with Gasteiger partial charge in [0.25, 0.3) is 5.91 Å². The molecule has 1 aliphatic carbocycles. The topological polar surface area (TPSA) is 66.4 Å². The summed E-state index contributed by atoms with van der Waals surface area (Å²) in [6.07, 6.45) is 2.40. The van der Waals surface area contributed by atoms with Crippen molar-refractivity contribution in [3.8, 4) is 5.75 Å². The standard InChI is InChI=1S/C17H17NO3/c19-13-8-6-12(7-9-13)18-17(21)15-10-5-11-3-1-2-4-14(11)16(15)20/h1-5,10,12,20H,6-9H2,(H,18,21). The van der Waals surface area contributed by atoms with Crippen molar-refractivity contribution in [2.75, 3.05) is 0 Å². The van der Waals surface area contributed by atoms with Gasteiger partial charge in [0, 0.05) is 24.3 Å². The smallest absolute Gasteiger partial charge is 0.255 e. The number of ketones is 1. The van der Waals surface area contributed by atoms with Gasteiger partial charge in [0.05, 0.1) is 5.56 Å². The molecule has 1 amide bonds. The maximum atomic E-state index is 12.3. The maximum Gasteiger partial charge on any atom is 0.255 e. The lowest BCUT2D eigenvalue weighted by atomic mass is 9.94. The molecule has 2 aromatic carbocycles. The molecule has 2 N–H and O–H groups in total. The van der Waals surface area contributed by atoms with Crippen LogP contribution in [0.3, 0.4) is 0 Å². The SMILES string of the molecule is O=C1CCC(NC(=O)c2ccc3ccccc3c2O)CC1. The van der Waals surface area contributed by atoms with Gasteiger partial charge in [-0.2, -0.15) is 0 Å². The summed E-state index contributed by atoms with van der Waals surface area (Å²) in [6, 6.07) is 10.9. The van der Waals surface area contributed by atoms with E-state index in [-0.39, 0.29) is 29.0 Å². The van der Waals surface area contributed by atoms with Crippen LogP contribution in [0.25, 0.3) is 10.8 Å². The van der Waals surface area contributed by atoms with Gasteiger partial charge in [0.2, 0.25) is 0 Å². The number of carbonyl (C=O) groups is 2.